The van der Waals surface area contributed by atoms with Crippen LogP contribution in [0.3, 0.4) is 0 Å². The molecule has 2 N–H and O–H groups in total. The van der Waals surface area contributed by atoms with E-state index in [9.17, 15) is 9.59 Å². The van der Waals surface area contributed by atoms with Crippen LogP contribution in [0.5, 0.6) is 0 Å². The first kappa shape index (κ1) is 16.8. The molecule has 0 saturated carbocycles. The van der Waals surface area contributed by atoms with Gasteiger partial charge in [0.2, 0.25) is 0 Å². The third-order valence-electron chi connectivity index (χ3n) is 4.02. The number of carboxylic acids is 1. The molecule has 1 aliphatic rings. The van der Waals surface area contributed by atoms with Gasteiger partial charge in [-0.15, -0.1) is 0 Å². The summed E-state index contributed by atoms with van der Waals surface area (Å²) in [5, 5.41) is 11.9. The van der Waals surface area contributed by atoms with Gasteiger partial charge >= 0.3 is 12.0 Å². The quantitative estimate of drug-likeness (QED) is 0.779. The number of ether oxygens (including phenoxy) is 1. The Morgan fingerprint density at radius 3 is 2.65 bits per heavy atom. The van der Waals surface area contributed by atoms with Crippen LogP contribution in [0, 0.1) is 5.41 Å². The molecule has 1 rings (SSSR count). The van der Waals surface area contributed by atoms with Crippen molar-refractivity contribution in [2.24, 2.45) is 5.41 Å². The number of aliphatic carboxylic acids is 1. The lowest BCUT2D eigenvalue weighted by atomic mass is 9.88. The Hall–Kier alpha value is -1.30. The molecule has 1 heterocycles. The first-order valence-electron chi connectivity index (χ1n) is 7.23. The van der Waals surface area contributed by atoms with Gasteiger partial charge in [0, 0.05) is 26.7 Å². The van der Waals surface area contributed by atoms with Crippen molar-refractivity contribution in [2.75, 3.05) is 26.7 Å². The van der Waals surface area contributed by atoms with Crippen LogP contribution in [0.1, 0.15) is 39.5 Å². The van der Waals surface area contributed by atoms with E-state index in [1.54, 1.807) is 25.8 Å². The molecule has 1 fully saturated rings. The maximum Gasteiger partial charge on any atom is 0.317 e. The van der Waals surface area contributed by atoms with Crippen LogP contribution >= 0.6 is 0 Å². The van der Waals surface area contributed by atoms with Gasteiger partial charge in [0.1, 0.15) is 0 Å². The van der Waals surface area contributed by atoms with Crippen LogP contribution in [0.15, 0.2) is 0 Å². The van der Waals surface area contributed by atoms with E-state index in [1.807, 2.05) is 0 Å². The SMILES string of the molecule is CCC(C)(CNC(=O)N(C)CC1CCCCO1)C(=O)O. The Bertz CT molecular complexity index is 342. The zero-order valence-electron chi connectivity index (χ0n) is 12.6. The lowest BCUT2D eigenvalue weighted by molar-refractivity contribution is -0.147. The minimum atomic E-state index is -0.919. The standard InChI is InChI=1S/C14H26N2O4/c1-4-14(2,12(17)18)10-15-13(19)16(3)9-11-7-5-6-8-20-11/h11H,4-10H2,1-3H3,(H,15,19)(H,17,18). The molecule has 1 aliphatic heterocycles. The van der Waals surface area contributed by atoms with Crippen LogP contribution in [0.2, 0.25) is 0 Å². The topological polar surface area (TPSA) is 78.9 Å². The molecule has 0 aromatic heterocycles. The molecule has 116 valence electrons. The molecular weight excluding hydrogens is 260 g/mol. The number of nitrogens with one attached hydrogen (secondary N) is 1. The largest absolute Gasteiger partial charge is 0.481 e. The summed E-state index contributed by atoms with van der Waals surface area (Å²) in [6.45, 7) is 4.88. The second-order valence-corrected chi connectivity index (χ2v) is 5.75. The molecule has 0 aliphatic carbocycles. The second-order valence-electron chi connectivity index (χ2n) is 5.75. The second kappa shape index (κ2) is 7.47. The van der Waals surface area contributed by atoms with Crippen molar-refractivity contribution in [1.82, 2.24) is 10.2 Å². The van der Waals surface area contributed by atoms with Crippen molar-refractivity contribution >= 4 is 12.0 Å². The van der Waals surface area contributed by atoms with E-state index in [0.29, 0.717) is 13.0 Å². The van der Waals surface area contributed by atoms with Gasteiger partial charge in [0.05, 0.1) is 11.5 Å². The molecule has 6 heteroatoms. The average Bonchev–Trinajstić information content (AvgIpc) is 2.45. The fourth-order valence-corrected chi connectivity index (χ4v) is 2.10. The fraction of sp³-hybridized carbons (Fsp3) is 0.857. The van der Waals surface area contributed by atoms with Crippen molar-refractivity contribution in [3.8, 4) is 0 Å². The number of rotatable bonds is 6. The number of carboxylic acid groups (broad SMARTS) is 1. The van der Waals surface area contributed by atoms with Gasteiger partial charge in [-0.05, 0) is 32.6 Å². The summed E-state index contributed by atoms with van der Waals surface area (Å²) in [5.41, 5.74) is -0.919. The molecule has 6 nitrogen and oxygen atoms in total. The number of carbonyl (C=O) groups is 2. The molecule has 1 saturated heterocycles. The average molecular weight is 286 g/mol. The summed E-state index contributed by atoms with van der Waals surface area (Å²) >= 11 is 0. The lowest BCUT2D eigenvalue weighted by Crippen LogP contribution is -2.47. The van der Waals surface area contributed by atoms with Crippen LogP contribution < -0.4 is 5.32 Å². The van der Waals surface area contributed by atoms with Gasteiger partial charge in [-0.25, -0.2) is 4.79 Å². The van der Waals surface area contributed by atoms with E-state index in [1.165, 1.54) is 0 Å². The molecule has 2 atom stereocenters. The van der Waals surface area contributed by atoms with E-state index in [0.717, 1.165) is 25.9 Å². The first-order valence-corrected chi connectivity index (χ1v) is 7.23. The van der Waals surface area contributed by atoms with E-state index < -0.39 is 11.4 Å². The Morgan fingerprint density at radius 2 is 2.15 bits per heavy atom. The molecular formula is C14H26N2O4. The van der Waals surface area contributed by atoms with Gasteiger partial charge in [-0.3, -0.25) is 4.79 Å². The predicted octanol–water partition coefficient (Wildman–Crippen LogP) is 1.70. The highest BCUT2D eigenvalue weighted by Crippen LogP contribution is 2.20. The number of amides is 2. The van der Waals surface area contributed by atoms with Crippen molar-refractivity contribution in [1.29, 1.82) is 0 Å². The van der Waals surface area contributed by atoms with Gasteiger partial charge in [-0.2, -0.15) is 0 Å². The van der Waals surface area contributed by atoms with Gasteiger partial charge in [-0.1, -0.05) is 6.92 Å². The summed E-state index contributed by atoms with van der Waals surface area (Å²) in [6, 6.07) is -0.250. The highest BCUT2D eigenvalue weighted by molar-refractivity contribution is 5.77. The Labute approximate surface area is 120 Å². The molecule has 0 spiro atoms. The molecule has 0 bridgehead atoms. The number of hydrogen-bond donors (Lipinski definition) is 2. The van der Waals surface area contributed by atoms with Gasteiger partial charge in [0.15, 0.2) is 0 Å². The monoisotopic (exact) mass is 286 g/mol. The first-order chi connectivity index (χ1) is 9.39. The molecule has 0 aromatic rings. The third kappa shape index (κ3) is 4.67. The number of hydrogen-bond acceptors (Lipinski definition) is 3. The maximum atomic E-state index is 12.0. The minimum Gasteiger partial charge on any atom is -0.481 e. The zero-order valence-corrected chi connectivity index (χ0v) is 12.6. The molecule has 2 amide bonds. The van der Waals surface area contributed by atoms with Crippen LogP contribution in [-0.4, -0.2) is 54.9 Å². The normalized spacial score (nSPS) is 21.9. The van der Waals surface area contributed by atoms with Crippen molar-refractivity contribution in [3.05, 3.63) is 0 Å². The smallest absolute Gasteiger partial charge is 0.317 e. The predicted molar refractivity (Wildman–Crippen MR) is 75.7 cm³/mol. The highest BCUT2D eigenvalue weighted by Gasteiger charge is 2.32. The maximum absolute atomic E-state index is 12.0. The Morgan fingerprint density at radius 1 is 1.45 bits per heavy atom. The van der Waals surface area contributed by atoms with E-state index in [-0.39, 0.29) is 18.7 Å². The summed E-state index contributed by atoms with van der Waals surface area (Å²) in [4.78, 5) is 24.7. The summed E-state index contributed by atoms with van der Waals surface area (Å²) < 4.78 is 5.59. The van der Waals surface area contributed by atoms with Crippen LogP contribution in [0.4, 0.5) is 4.79 Å². The van der Waals surface area contributed by atoms with E-state index in [2.05, 4.69) is 5.32 Å². The van der Waals surface area contributed by atoms with Crippen LogP contribution in [0.25, 0.3) is 0 Å². The molecule has 20 heavy (non-hydrogen) atoms. The van der Waals surface area contributed by atoms with Crippen molar-refractivity contribution in [2.45, 2.75) is 45.6 Å². The summed E-state index contributed by atoms with van der Waals surface area (Å²) in [5.74, 6) is -0.890. The highest BCUT2D eigenvalue weighted by atomic mass is 16.5. The van der Waals surface area contributed by atoms with Crippen LogP contribution in [-0.2, 0) is 9.53 Å². The Balaban J connectivity index is 2.39. The fourth-order valence-electron chi connectivity index (χ4n) is 2.10. The summed E-state index contributed by atoms with van der Waals surface area (Å²) in [7, 11) is 1.71. The van der Waals surface area contributed by atoms with Gasteiger partial charge in [0.25, 0.3) is 0 Å². The molecule has 0 aromatic carbocycles. The molecule has 2 unspecified atom stereocenters. The third-order valence-corrected chi connectivity index (χ3v) is 4.02. The minimum absolute atomic E-state index is 0.0940. The van der Waals surface area contributed by atoms with E-state index >= 15 is 0 Å². The number of urea groups is 1. The Kier molecular flexibility index (Phi) is 6.26. The summed E-state index contributed by atoms with van der Waals surface area (Å²) in [6.07, 6.45) is 3.75. The number of likely N-dealkylation sites (N-methyl/N-ethyl adjacent to an activating group) is 1. The molecule has 0 radical (unpaired) electrons. The lowest BCUT2D eigenvalue weighted by Gasteiger charge is -2.29. The number of nitrogens with zero attached hydrogens (tertiary/aromatic N) is 1. The van der Waals surface area contributed by atoms with E-state index in [4.69, 9.17) is 9.84 Å². The van der Waals surface area contributed by atoms with Crippen molar-refractivity contribution in [3.63, 3.8) is 0 Å². The zero-order chi connectivity index (χ0) is 15.2. The van der Waals surface area contributed by atoms with Gasteiger partial charge < -0.3 is 20.1 Å². The number of carbonyl (C=O) groups excluding carboxylic acids is 1. The van der Waals surface area contributed by atoms with Crippen molar-refractivity contribution < 1.29 is 19.4 Å².